The van der Waals surface area contributed by atoms with Gasteiger partial charge in [-0.1, -0.05) is 123 Å². The highest BCUT2D eigenvalue weighted by Crippen LogP contribution is 2.51. The minimum absolute atomic E-state index is 0.0933. The molecule has 0 saturated carbocycles. The van der Waals surface area contributed by atoms with E-state index in [-0.39, 0.29) is 5.41 Å². The van der Waals surface area contributed by atoms with E-state index in [1.54, 1.807) is 0 Å². The third kappa shape index (κ3) is 4.44. The van der Waals surface area contributed by atoms with Gasteiger partial charge in [-0.2, -0.15) is 9.97 Å². The molecule has 2 aromatic heterocycles. The Labute approximate surface area is 273 Å². The van der Waals surface area contributed by atoms with E-state index in [4.69, 9.17) is 14.7 Å². The number of hydrogen-bond donors (Lipinski definition) is 0. The van der Waals surface area contributed by atoms with E-state index in [0.717, 1.165) is 33.7 Å². The molecule has 0 bridgehead atoms. The van der Waals surface area contributed by atoms with E-state index in [1.807, 2.05) is 54.6 Å². The summed E-state index contributed by atoms with van der Waals surface area (Å²) in [6.07, 6.45) is 0. The highest BCUT2D eigenvalue weighted by atomic mass is 16.5. The van der Waals surface area contributed by atoms with Crippen molar-refractivity contribution in [3.63, 3.8) is 0 Å². The summed E-state index contributed by atoms with van der Waals surface area (Å²) in [5.74, 6) is 0.673. The Morgan fingerprint density at radius 1 is 0.511 bits per heavy atom. The van der Waals surface area contributed by atoms with Crippen LogP contribution < -0.4 is 4.74 Å². The number of para-hydroxylation sites is 1. The fraction of sp³-hybridized carbons (Fsp3) is 0.0698. The first-order valence-corrected chi connectivity index (χ1v) is 16.0. The van der Waals surface area contributed by atoms with Gasteiger partial charge in [-0.15, -0.1) is 0 Å². The van der Waals surface area contributed by atoms with E-state index in [9.17, 15) is 0 Å². The monoisotopic (exact) mass is 605 g/mol. The molecule has 0 N–H and O–H groups in total. The molecule has 0 aliphatic heterocycles. The topological polar surface area (TPSA) is 39.9 Å². The highest BCUT2D eigenvalue weighted by Gasteiger charge is 2.36. The predicted octanol–water partition coefficient (Wildman–Crippen LogP) is 11.0. The quantitative estimate of drug-likeness (QED) is 0.196. The van der Waals surface area contributed by atoms with Crippen LogP contribution in [0.25, 0.3) is 61.1 Å². The van der Waals surface area contributed by atoms with Crippen molar-refractivity contribution in [2.45, 2.75) is 19.3 Å². The van der Waals surface area contributed by atoms with Gasteiger partial charge < -0.3 is 9.30 Å². The number of benzene rings is 6. The van der Waals surface area contributed by atoms with Gasteiger partial charge in [0.2, 0.25) is 0 Å². The first-order valence-electron chi connectivity index (χ1n) is 16.0. The Morgan fingerprint density at radius 3 is 1.91 bits per heavy atom. The summed E-state index contributed by atoms with van der Waals surface area (Å²) in [5, 5.41) is 2.47. The molecule has 224 valence electrons. The van der Waals surface area contributed by atoms with Crippen molar-refractivity contribution in [2.24, 2.45) is 0 Å². The molecule has 0 saturated heterocycles. The Balaban J connectivity index is 1.18. The summed E-state index contributed by atoms with van der Waals surface area (Å²) >= 11 is 0. The molecule has 0 spiro atoms. The van der Waals surface area contributed by atoms with Gasteiger partial charge in [-0.3, -0.25) is 0 Å². The number of fused-ring (bicyclic) bond motifs is 6. The molecule has 1 aliphatic rings. The maximum absolute atomic E-state index is 6.48. The van der Waals surface area contributed by atoms with Crippen LogP contribution in [-0.4, -0.2) is 14.5 Å². The second-order valence-electron chi connectivity index (χ2n) is 12.7. The zero-order valence-corrected chi connectivity index (χ0v) is 26.2. The maximum atomic E-state index is 6.48. The molecule has 4 nitrogen and oxygen atoms in total. The summed E-state index contributed by atoms with van der Waals surface area (Å²) in [6.45, 7) is 4.66. The van der Waals surface area contributed by atoms with Crippen LogP contribution in [0.2, 0.25) is 0 Å². The van der Waals surface area contributed by atoms with E-state index >= 15 is 0 Å². The Hall–Kier alpha value is -6.00. The second-order valence-corrected chi connectivity index (χ2v) is 12.7. The molecule has 8 aromatic rings. The van der Waals surface area contributed by atoms with Crippen molar-refractivity contribution in [1.82, 2.24) is 14.5 Å². The minimum atomic E-state index is -0.0933. The fourth-order valence-electron chi connectivity index (χ4n) is 7.22. The van der Waals surface area contributed by atoms with Crippen LogP contribution in [-0.2, 0) is 5.41 Å². The van der Waals surface area contributed by atoms with Crippen molar-refractivity contribution in [1.29, 1.82) is 0 Å². The van der Waals surface area contributed by atoms with Gasteiger partial charge in [0.25, 0.3) is 0 Å². The molecular weight excluding hydrogens is 574 g/mol. The van der Waals surface area contributed by atoms with E-state index in [2.05, 4.69) is 115 Å². The van der Waals surface area contributed by atoms with Crippen LogP contribution in [0, 0.1) is 0 Å². The molecule has 2 heterocycles. The van der Waals surface area contributed by atoms with Crippen molar-refractivity contribution in [3.8, 4) is 51.1 Å². The Bertz CT molecular complexity index is 2400. The van der Waals surface area contributed by atoms with E-state index in [0.29, 0.717) is 11.8 Å². The summed E-state index contributed by atoms with van der Waals surface area (Å²) in [6, 6.07) is 53.1. The van der Waals surface area contributed by atoms with Crippen LogP contribution in [0.3, 0.4) is 0 Å². The zero-order chi connectivity index (χ0) is 31.5. The average molecular weight is 606 g/mol. The predicted molar refractivity (Wildman–Crippen MR) is 191 cm³/mol. The van der Waals surface area contributed by atoms with Crippen molar-refractivity contribution in [3.05, 3.63) is 163 Å². The summed E-state index contributed by atoms with van der Waals surface area (Å²) < 4.78 is 8.83. The number of rotatable bonds is 5. The molecule has 0 amide bonds. The van der Waals surface area contributed by atoms with Crippen molar-refractivity contribution < 1.29 is 4.74 Å². The molecule has 0 radical (unpaired) electrons. The summed E-state index contributed by atoms with van der Waals surface area (Å²) in [4.78, 5) is 9.70. The van der Waals surface area contributed by atoms with E-state index in [1.165, 1.54) is 38.5 Å². The summed E-state index contributed by atoms with van der Waals surface area (Å²) in [7, 11) is 0. The largest absolute Gasteiger partial charge is 0.424 e. The zero-order valence-electron chi connectivity index (χ0n) is 26.2. The van der Waals surface area contributed by atoms with Crippen molar-refractivity contribution >= 4 is 21.8 Å². The van der Waals surface area contributed by atoms with Crippen LogP contribution in [0.15, 0.2) is 152 Å². The molecular formula is C43H31N3O. The molecule has 47 heavy (non-hydrogen) atoms. The van der Waals surface area contributed by atoms with Gasteiger partial charge in [-0.25, -0.2) is 0 Å². The van der Waals surface area contributed by atoms with Gasteiger partial charge in [0, 0.05) is 39.1 Å². The standard InChI is InChI=1S/C43H31N3O/c1-43(2)36-22-11-9-20-32(36)34-25-35-33-21-10-12-23-40(33)46(41(35)26-37(34)43)30-18-13-19-31(24-30)47-42-44-38(28-14-5-3-6-15-28)27-39(45-42)29-16-7-4-8-17-29/h3-27H,1-2H3. The third-order valence-corrected chi connectivity index (χ3v) is 9.51. The lowest BCUT2D eigenvalue weighted by Gasteiger charge is -2.21. The molecule has 1 aliphatic carbocycles. The lowest BCUT2D eigenvalue weighted by atomic mass is 9.82. The van der Waals surface area contributed by atoms with Crippen LogP contribution in [0.1, 0.15) is 25.0 Å². The van der Waals surface area contributed by atoms with Crippen molar-refractivity contribution in [2.75, 3.05) is 0 Å². The van der Waals surface area contributed by atoms with Crippen LogP contribution in [0.5, 0.6) is 11.8 Å². The maximum Gasteiger partial charge on any atom is 0.323 e. The lowest BCUT2D eigenvalue weighted by molar-refractivity contribution is 0.443. The van der Waals surface area contributed by atoms with Gasteiger partial charge in [-0.05, 0) is 58.7 Å². The third-order valence-electron chi connectivity index (χ3n) is 9.51. The molecule has 9 rings (SSSR count). The number of nitrogens with zero attached hydrogens (tertiary/aromatic N) is 3. The minimum Gasteiger partial charge on any atom is -0.424 e. The van der Waals surface area contributed by atoms with E-state index < -0.39 is 0 Å². The first kappa shape index (κ1) is 27.3. The molecule has 0 atom stereocenters. The normalized spacial score (nSPS) is 13.1. The second kappa shape index (κ2) is 10.5. The van der Waals surface area contributed by atoms with Gasteiger partial charge in [0.1, 0.15) is 5.75 Å². The first-order chi connectivity index (χ1) is 23.0. The smallest absolute Gasteiger partial charge is 0.323 e. The van der Waals surface area contributed by atoms with Gasteiger partial charge in [0.05, 0.1) is 22.4 Å². The van der Waals surface area contributed by atoms with Gasteiger partial charge in [0.15, 0.2) is 0 Å². The van der Waals surface area contributed by atoms with Crippen LogP contribution >= 0.6 is 0 Å². The SMILES string of the molecule is CC1(C)c2ccccc2-c2cc3c4ccccc4n(-c4cccc(Oc5nc(-c6ccccc6)cc(-c6ccccc6)n5)c4)c3cc21. The molecule has 4 heteroatoms. The molecule has 6 aromatic carbocycles. The Morgan fingerprint density at radius 2 is 1.17 bits per heavy atom. The highest BCUT2D eigenvalue weighted by molar-refractivity contribution is 6.11. The van der Waals surface area contributed by atoms with Gasteiger partial charge >= 0.3 is 6.01 Å². The number of hydrogen-bond acceptors (Lipinski definition) is 3. The summed E-state index contributed by atoms with van der Waals surface area (Å²) in [5.41, 5.74) is 12.3. The molecule has 0 fully saturated rings. The number of aromatic nitrogens is 3. The average Bonchev–Trinajstić information content (AvgIpc) is 3.56. The van der Waals surface area contributed by atoms with Crippen LogP contribution in [0.4, 0.5) is 0 Å². The molecule has 0 unspecified atom stereocenters. The number of ether oxygens (including phenoxy) is 1. The fourth-order valence-corrected chi connectivity index (χ4v) is 7.22. The lowest BCUT2D eigenvalue weighted by Crippen LogP contribution is -2.14. The Kier molecular flexibility index (Phi) is 6.12.